The summed E-state index contributed by atoms with van der Waals surface area (Å²) in [6.07, 6.45) is 1.31. The normalized spacial score (nSPS) is 14.3. The highest BCUT2D eigenvalue weighted by Crippen LogP contribution is 2.21. The molecule has 5 nitrogen and oxygen atoms in total. The van der Waals surface area contributed by atoms with Crippen LogP contribution < -0.4 is 4.90 Å². The van der Waals surface area contributed by atoms with Gasteiger partial charge in [0.25, 0.3) is 5.91 Å². The minimum atomic E-state index is -0.310. The van der Waals surface area contributed by atoms with Crippen LogP contribution in [0.25, 0.3) is 0 Å². The Morgan fingerprint density at radius 2 is 2.24 bits per heavy atom. The van der Waals surface area contributed by atoms with Crippen molar-refractivity contribution < 1.29 is 19.4 Å². The number of hydrogen-bond acceptors (Lipinski definition) is 4. The van der Waals surface area contributed by atoms with Crippen molar-refractivity contribution >= 4 is 11.6 Å². The smallest absolute Gasteiger partial charge is 0.296 e. The molecule has 0 bridgehead atoms. The average molecular weight is 235 g/mol. The van der Waals surface area contributed by atoms with Gasteiger partial charge in [-0.25, -0.2) is 0 Å². The fourth-order valence-electron chi connectivity index (χ4n) is 1.46. The third-order valence-corrected chi connectivity index (χ3v) is 2.38. The van der Waals surface area contributed by atoms with Gasteiger partial charge < -0.3 is 19.5 Å². The molecule has 0 saturated carbocycles. The van der Waals surface area contributed by atoms with Crippen LogP contribution in [0.2, 0.25) is 0 Å². The minimum absolute atomic E-state index is 0.108. The van der Waals surface area contributed by atoms with E-state index in [1.807, 2.05) is 0 Å². The van der Waals surface area contributed by atoms with Crippen LogP contribution in [0.15, 0.2) is 36.3 Å². The van der Waals surface area contributed by atoms with Gasteiger partial charge in [-0.3, -0.25) is 4.79 Å². The molecule has 0 radical (unpaired) electrons. The molecule has 1 heterocycles. The lowest BCUT2D eigenvalue weighted by molar-refractivity contribution is -0.119. The maximum absolute atomic E-state index is 12.0. The zero-order valence-corrected chi connectivity index (χ0v) is 9.42. The predicted octanol–water partition coefficient (Wildman–Crippen LogP) is 1.24. The molecule has 0 fully saturated rings. The fourth-order valence-corrected chi connectivity index (χ4v) is 1.46. The Balaban J connectivity index is 2.17. The standard InChI is InChI=1S/C12H13NO4/c1-13(9-3-2-4-10(14)7-9)12(15)11-8-16-5-6-17-11/h2-4,7-8,14H,5-6H2,1H3. The van der Waals surface area contributed by atoms with E-state index < -0.39 is 0 Å². The molecule has 1 aromatic rings. The summed E-state index contributed by atoms with van der Waals surface area (Å²) in [7, 11) is 1.61. The van der Waals surface area contributed by atoms with Crippen molar-refractivity contribution in [3.8, 4) is 5.75 Å². The Labute approximate surface area is 98.9 Å². The van der Waals surface area contributed by atoms with Crippen LogP contribution in [-0.4, -0.2) is 31.3 Å². The number of carbonyl (C=O) groups is 1. The number of ether oxygens (including phenoxy) is 2. The van der Waals surface area contributed by atoms with Gasteiger partial charge in [-0.15, -0.1) is 0 Å². The van der Waals surface area contributed by atoms with Crippen LogP contribution in [0.4, 0.5) is 5.69 Å². The first-order chi connectivity index (χ1) is 8.18. The van der Waals surface area contributed by atoms with E-state index in [0.29, 0.717) is 18.9 Å². The van der Waals surface area contributed by atoms with Gasteiger partial charge in [0.05, 0.1) is 0 Å². The second kappa shape index (κ2) is 4.78. The summed E-state index contributed by atoms with van der Waals surface area (Å²) >= 11 is 0. The summed E-state index contributed by atoms with van der Waals surface area (Å²) in [5.41, 5.74) is 0.588. The molecule has 1 aliphatic rings. The summed E-state index contributed by atoms with van der Waals surface area (Å²) in [5, 5.41) is 9.35. The fraction of sp³-hybridized carbons (Fsp3) is 0.250. The highest BCUT2D eigenvalue weighted by Gasteiger charge is 2.20. The second-order valence-electron chi connectivity index (χ2n) is 3.59. The van der Waals surface area contributed by atoms with Crippen molar-refractivity contribution in [2.45, 2.75) is 0 Å². The van der Waals surface area contributed by atoms with Crippen LogP contribution in [0.5, 0.6) is 5.75 Å². The number of carbonyl (C=O) groups excluding carboxylic acids is 1. The molecular formula is C12H13NO4. The molecule has 1 amide bonds. The van der Waals surface area contributed by atoms with Crippen LogP contribution in [0.3, 0.4) is 0 Å². The maximum Gasteiger partial charge on any atom is 0.296 e. The predicted molar refractivity (Wildman–Crippen MR) is 61.5 cm³/mol. The van der Waals surface area contributed by atoms with Crippen molar-refractivity contribution in [1.29, 1.82) is 0 Å². The first-order valence-electron chi connectivity index (χ1n) is 5.20. The largest absolute Gasteiger partial charge is 0.508 e. The quantitative estimate of drug-likeness (QED) is 0.838. The Hall–Kier alpha value is -2.17. The van der Waals surface area contributed by atoms with Gasteiger partial charge in [-0.2, -0.15) is 0 Å². The molecule has 2 rings (SSSR count). The molecule has 0 atom stereocenters. The number of hydrogen-bond donors (Lipinski definition) is 1. The van der Waals surface area contributed by atoms with E-state index >= 15 is 0 Å². The Bertz CT molecular complexity index is 456. The number of nitrogens with zero attached hydrogens (tertiary/aromatic N) is 1. The summed E-state index contributed by atoms with van der Waals surface area (Å²) in [4.78, 5) is 13.4. The Morgan fingerprint density at radius 3 is 2.88 bits per heavy atom. The van der Waals surface area contributed by atoms with Crippen molar-refractivity contribution in [1.82, 2.24) is 0 Å². The van der Waals surface area contributed by atoms with Crippen molar-refractivity contribution in [3.63, 3.8) is 0 Å². The Morgan fingerprint density at radius 1 is 1.41 bits per heavy atom. The Kier molecular flexibility index (Phi) is 3.18. The van der Waals surface area contributed by atoms with Crippen molar-refractivity contribution in [2.75, 3.05) is 25.2 Å². The molecule has 1 aliphatic heterocycles. The van der Waals surface area contributed by atoms with E-state index in [2.05, 4.69) is 0 Å². The van der Waals surface area contributed by atoms with Gasteiger partial charge in [-0.05, 0) is 12.1 Å². The van der Waals surface area contributed by atoms with Gasteiger partial charge >= 0.3 is 0 Å². The van der Waals surface area contributed by atoms with Crippen LogP contribution in [0.1, 0.15) is 0 Å². The lowest BCUT2D eigenvalue weighted by Crippen LogP contribution is -2.30. The molecule has 1 aromatic carbocycles. The number of phenolic OH excluding ortho intramolecular Hbond substituents is 1. The molecule has 0 saturated heterocycles. The summed E-state index contributed by atoms with van der Waals surface area (Å²) in [6.45, 7) is 0.818. The molecule has 0 aliphatic carbocycles. The monoisotopic (exact) mass is 235 g/mol. The number of amides is 1. The van der Waals surface area contributed by atoms with Gasteiger partial charge in [0, 0.05) is 18.8 Å². The number of phenols is 1. The molecule has 90 valence electrons. The molecule has 1 N–H and O–H groups in total. The molecular weight excluding hydrogens is 222 g/mol. The van der Waals surface area contributed by atoms with E-state index in [1.165, 1.54) is 17.2 Å². The molecule has 5 heteroatoms. The van der Waals surface area contributed by atoms with Crippen molar-refractivity contribution in [2.24, 2.45) is 0 Å². The van der Waals surface area contributed by atoms with Gasteiger partial charge in [0.1, 0.15) is 25.2 Å². The minimum Gasteiger partial charge on any atom is -0.508 e. The molecule has 0 unspecified atom stereocenters. The zero-order valence-electron chi connectivity index (χ0n) is 9.42. The van der Waals surface area contributed by atoms with Gasteiger partial charge in [-0.1, -0.05) is 6.07 Å². The van der Waals surface area contributed by atoms with Crippen LogP contribution in [0, 0.1) is 0 Å². The first-order valence-corrected chi connectivity index (χ1v) is 5.20. The lowest BCUT2D eigenvalue weighted by atomic mass is 10.2. The second-order valence-corrected chi connectivity index (χ2v) is 3.59. The van der Waals surface area contributed by atoms with E-state index in [0.717, 1.165) is 0 Å². The van der Waals surface area contributed by atoms with Gasteiger partial charge in [0.15, 0.2) is 0 Å². The third kappa shape index (κ3) is 2.50. The zero-order chi connectivity index (χ0) is 12.3. The summed E-state index contributed by atoms with van der Waals surface area (Å²) in [5.74, 6) is -0.0330. The first kappa shape index (κ1) is 11.3. The molecule has 17 heavy (non-hydrogen) atoms. The summed E-state index contributed by atoms with van der Waals surface area (Å²) < 4.78 is 10.2. The number of benzene rings is 1. The van der Waals surface area contributed by atoms with Crippen molar-refractivity contribution in [3.05, 3.63) is 36.3 Å². The number of rotatable bonds is 2. The third-order valence-electron chi connectivity index (χ3n) is 2.38. The number of likely N-dealkylation sites (N-methyl/N-ethyl adjacent to an activating group) is 1. The van der Waals surface area contributed by atoms with Gasteiger partial charge in [0.2, 0.25) is 5.76 Å². The highest BCUT2D eigenvalue weighted by molar-refractivity contribution is 6.03. The van der Waals surface area contributed by atoms with Crippen LogP contribution >= 0.6 is 0 Å². The van der Waals surface area contributed by atoms with E-state index in [-0.39, 0.29) is 17.4 Å². The lowest BCUT2D eigenvalue weighted by Gasteiger charge is -2.21. The average Bonchev–Trinajstić information content (AvgIpc) is 2.38. The summed E-state index contributed by atoms with van der Waals surface area (Å²) in [6, 6.07) is 6.44. The topological polar surface area (TPSA) is 59.0 Å². The van der Waals surface area contributed by atoms with E-state index in [1.54, 1.807) is 25.2 Å². The SMILES string of the molecule is CN(C(=O)C1=COCCO1)c1cccc(O)c1. The number of aromatic hydroxyl groups is 1. The maximum atomic E-state index is 12.0. The number of anilines is 1. The molecule has 0 spiro atoms. The van der Waals surface area contributed by atoms with E-state index in [9.17, 15) is 9.90 Å². The van der Waals surface area contributed by atoms with Crippen LogP contribution in [-0.2, 0) is 14.3 Å². The highest BCUT2D eigenvalue weighted by atomic mass is 16.6. The molecule has 0 aromatic heterocycles. The van der Waals surface area contributed by atoms with E-state index in [4.69, 9.17) is 9.47 Å².